The van der Waals surface area contributed by atoms with Crippen molar-refractivity contribution in [1.29, 1.82) is 0 Å². The van der Waals surface area contributed by atoms with Gasteiger partial charge in [-0.05, 0) is 25.5 Å². The second-order valence-corrected chi connectivity index (χ2v) is 4.01. The van der Waals surface area contributed by atoms with Crippen LogP contribution in [-0.2, 0) is 15.7 Å². The Morgan fingerprint density at radius 2 is 2.21 bits per heavy atom. The second kappa shape index (κ2) is 6.51. The number of aromatic nitrogens is 1. The third kappa shape index (κ3) is 5.25. The predicted molar refractivity (Wildman–Crippen MR) is 63.6 cm³/mol. The van der Waals surface area contributed by atoms with Crippen LogP contribution in [0, 0.1) is 0 Å². The van der Waals surface area contributed by atoms with Crippen molar-refractivity contribution in [3.05, 3.63) is 23.9 Å². The van der Waals surface area contributed by atoms with Gasteiger partial charge in [-0.2, -0.15) is 13.2 Å². The molecule has 1 heterocycles. The van der Waals surface area contributed by atoms with E-state index in [1.807, 2.05) is 6.92 Å². The molecule has 0 aliphatic rings. The fourth-order valence-electron chi connectivity index (χ4n) is 1.19. The fraction of sp³-hybridized carbons (Fsp3) is 0.500. The minimum atomic E-state index is -4.46. The second-order valence-electron chi connectivity index (χ2n) is 4.01. The lowest BCUT2D eigenvalue weighted by Gasteiger charge is -2.11. The van der Waals surface area contributed by atoms with Gasteiger partial charge in [0.1, 0.15) is 12.4 Å². The molecule has 0 radical (unpaired) electrons. The number of amides is 1. The minimum Gasteiger partial charge on any atom is -0.369 e. The van der Waals surface area contributed by atoms with Gasteiger partial charge >= 0.3 is 6.18 Å². The Bertz CT molecular complexity index is 435. The molecule has 0 bridgehead atoms. The number of alkyl halides is 3. The van der Waals surface area contributed by atoms with E-state index in [-0.39, 0.29) is 18.5 Å². The molecule has 0 saturated heterocycles. The molecule has 0 saturated carbocycles. The lowest BCUT2D eigenvalue weighted by atomic mass is 10.2. The molecule has 0 aliphatic heterocycles. The number of nitrogens with zero attached hydrogens (tertiary/aromatic N) is 1. The molecule has 1 rings (SSSR count). The van der Waals surface area contributed by atoms with Gasteiger partial charge in [-0.15, -0.1) is 0 Å². The Morgan fingerprint density at radius 3 is 2.79 bits per heavy atom. The summed E-state index contributed by atoms with van der Waals surface area (Å²) in [7, 11) is 0. The van der Waals surface area contributed by atoms with Crippen LogP contribution in [0.15, 0.2) is 18.3 Å². The van der Waals surface area contributed by atoms with Crippen LogP contribution in [0.1, 0.15) is 25.8 Å². The first-order chi connectivity index (χ1) is 8.82. The summed E-state index contributed by atoms with van der Waals surface area (Å²) in [6, 6.07) is 1.62. The first-order valence-corrected chi connectivity index (χ1v) is 5.77. The predicted octanol–water partition coefficient (Wildman–Crippen LogP) is 2.85. The summed E-state index contributed by atoms with van der Waals surface area (Å²) in [6.45, 7) is 3.49. The van der Waals surface area contributed by atoms with Gasteiger partial charge in [0, 0.05) is 6.20 Å². The van der Waals surface area contributed by atoms with E-state index in [0.29, 0.717) is 0 Å². The first-order valence-electron chi connectivity index (χ1n) is 5.77. The van der Waals surface area contributed by atoms with E-state index in [1.165, 1.54) is 0 Å². The summed E-state index contributed by atoms with van der Waals surface area (Å²) in [5.74, 6) is -0.681. The highest BCUT2D eigenvalue weighted by Crippen LogP contribution is 2.29. The Balaban J connectivity index is 2.60. The zero-order valence-electron chi connectivity index (χ0n) is 10.6. The molecule has 0 aliphatic carbocycles. The molecule has 1 atom stereocenters. The van der Waals surface area contributed by atoms with Crippen LogP contribution < -0.4 is 5.32 Å². The minimum absolute atomic E-state index is 0.0831. The maximum absolute atomic E-state index is 12.4. The van der Waals surface area contributed by atoms with Crippen molar-refractivity contribution in [2.24, 2.45) is 0 Å². The van der Waals surface area contributed by atoms with E-state index in [4.69, 9.17) is 4.74 Å². The first kappa shape index (κ1) is 15.4. The van der Waals surface area contributed by atoms with Gasteiger partial charge in [-0.3, -0.25) is 4.79 Å². The smallest absolute Gasteiger partial charge is 0.369 e. The maximum Gasteiger partial charge on any atom is 0.416 e. The van der Waals surface area contributed by atoms with Gasteiger partial charge in [-0.25, -0.2) is 4.98 Å². The summed E-state index contributed by atoms with van der Waals surface area (Å²) in [4.78, 5) is 15.1. The van der Waals surface area contributed by atoms with E-state index >= 15 is 0 Å². The lowest BCUT2D eigenvalue weighted by Crippen LogP contribution is -2.22. The zero-order chi connectivity index (χ0) is 14.5. The molecule has 0 fully saturated rings. The normalized spacial score (nSPS) is 13.1. The third-order valence-electron chi connectivity index (χ3n) is 2.43. The number of nitrogens with one attached hydrogen (secondary N) is 1. The van der Waals surface area contributed by atoms with Gasteiger partial charge in [0.05, 0.1) is 11.7 Å². The molecule has 4 nitrogen and oxygen atoms in total. The molecule has 7 heteroatoms. The van der Waals surface area contributed by atoms with E-state index in [9.17, 15) is 18.0 Å². The monoisotopic (exact) mass is 276 g/mol. The molecular weight excluding hydrogens is 261 g/mol. The molecule has 1 aromatic rings. The molecule has 106 valence electrons. The number of ether oxygens (including phenoxy) is 1. The van der Waals surface area contributed by atoms with Gasteiger partial charge in [-0.1, -0.05) is 6.92 Å². The van der Waals surface area contributed by atoms with Crippen LogP contribution in [0.3, 0.4) is 0 Å². The Kier molecular flexibility index (Phi) is 5.29. The summed E-state index contributed by atoms with van der Waals surface area (Å²) in [5, 5.41) is 2.26. The summed E-state index contributed by atoms with van der Waals surface area (Å²) in [5.41, 5.74) is -0.861. The molecule has 1 aromatic heterocycles. The third-order valence-corrected chi connectivity index (χ3v) is 2.43. The van der Waals surface area contributed by atoms with Crippen molar-refractivity contribution in [3.8, 4) is 0 Å². The summed E-state index contributed by atoms with van der Waals surface area (Å²) >= 11 is 0. The molecule has 19 heavy (non-hydrogen) atoms. The highest BCUT2D eigenvalue weighted by molar-refractivity contribution is 5.90. The standard InChI is InChI=1S/C12H15F3N2O2/c1-3-8(2)19-7-11(18)17-10-6-9(4-5-16-10)12(13,14)15/h4-6,8H,3,7H2,1-2H3,(H,16,17,18)/t8-/m1/s1. The van der Waals surface area contributed by atoms with Crippen molar-refractivity contribution in [3.63, 3.8) is 0 Å². The van der Waals surface area contributed by atoms with E-state index in [2.05, 4.69) is 10.3 Å². The number of hydrogen-bond donors (Lipinski definition) is 1. The molecule has 1 amide bonds. The largest absolute Gasteiger partial charge is 0.416 e. The zero-order valence-corrected chi connectivity index (χ0v) is 10.6. The summed E-state index contributed by atoms with van der Waals surface area (Å²) < 4.78 is 42.5. The van der Waals surface area contributed by atoms with E-state index in [0.717, 1.165) is 24.8 Å². The van der Waals surface area contributed by atoms with Crippen molar-refractivity contribution >= 4 is 11.7 Å². The average molecular weight is 276 g/mol. The number of carbonyl (C=O) groups excluding carboxylic acids is 1. The number of pyridine rings is 1. The number of hydrogen-bond acceptors (Lipinski definition) is 3. The average Bonchev–Trinajstić information content (AvgIpc) is 2.35. The van der Waals surface area contributed by atoms with Crippen molar-refractivity contribution in [1.82, 2.24) is 4.98 Å². The number of carbonyl (C=O) groups is 1. The van der Waals surface area contributed by atoms with Crippen LogP contribution in [0.2, 0.25) is 0 Å². The van der Waals surface area contributed by atoms with Gasteiger partial charge in [0.2, 0.25) is 0 Å². The van der Waals surface area contributed by atoms with Crippen molar-refractivity contribution < 1.29 is 22.7 Å². The number of rotatable bonds is 5. The van der Waals surface area contributed by atoms with Crippen molar-refractivity contribution in [2.75, 3.05) is 11.9 Å². The van der Waals surface area contributed by atoms with Crippen LogP contribution in [0.5, 0.6) is 0 Å². The lowest BCUT2D eigenvalue weighted by molar-refractivity contribution is -0.137. The number of halogens is 3. The topological polar surface area (TPSA) is 51.2 Å². The molecular formula is C12H15F3N2O2. The molecule has 0 spiro atoms. The van der Waals surface area contributed by atoms with Gasteiger partial charge < -0.3 is 10.1 Å². The highest BCUT2D eigenvalue weighted by atomic mass is 19.4. The Morgan fingerprint density at radius 1 is 1.53 bits per heavy atom. The van der Waals surface area contributed by atoms with Crippen LogP contribution in [-0.4, -0.2) is 23.6 Å². The Hall–Kier alpha value is -1.63. The van der Waals surface area contributed by atoms with E-state index in [1.54, 1.807) is 6.92 Å². The fourth-order valence-corrected chi connectivity index (χ4v) is 1.19. The van der Waals surface area contributed by atoms with Crippen LogP contribution in [0.4, 0.5) is 19.0 Å². The van der Waals surface area contributed by atoms with Crippen LogP contribution >= 0.6 is 0 Å². The Labute approximate surface area is 109 Å². The quantitative estimate of drug-likeness (QED) is 0.899. The van der Waals surface area contributed by atoms with Crippen LogP contribution in [0.25, 0.3) is 0 Å². The maximum atomic E-state index is 12.4. The van der Waals surface area contributed by atoms with Gasteiger partial charge in [0.15, 0.2) is 0 Å². The molecule has 0 unspecified atom stereocenters. The van der Waals surface area contributed by atoms with Gasteiger partial charge in [0.25, 0.3) is 5.91 Å². The SMILES string of the molecule is CC[C@@H](C)OCC(=O)Nc1cc(C(F)(F)F)ccn1. The molecule has 0 aromatic carbocycles. The summed E-state index contributed by atoms with van der Waals surface area (Å²) in [6.07, 6.45) is -2.81. The molecule has 1 N–H and O–H groups in total. The number of anilines is 1. The van der Waals surface area contributed by atoms with E-state index < -0.39 is 17.6 Å². The highest BCUT2D eigenvalue weighted by Gasteiger charge is 2.30. The van der Waals surface area contributed by atoms with Crippen molar-refractivity contribution in [2.45, 2.75) is 32.5 Å².